The normalized spacial score (nSPS) is 15.7. The van der Waals surface area contributed by atoms with Crippen LogP contribution in [-0.4, -0.2) is 52.6 Å². The highest BCUT2D eigenvalue weighted by Gasteiger charge is 2.20. The highest BCUT2D eigenvalue weighted by atomic mass is 19.1. The monoisotopic (exact) mass is 406 g/mol. The molecule has 1 aliphatic rings. The quantitative estimate of drug-likeness (QED) is 0.554. The Morgan fingerprint density at radius 1 is 1.07 bits per heavy atom. The average Bonchev–Trinajstić information content (AvgIpc) is 3.23. The molecule has 0 radical (unpaired) electrons. The van der Waals surface area contributed by atoms with Crippen molar-refractivity contribution in [3.63, 3.8) is 0 Å². The molecule has 0 bridgehead atoms. The van der Waals surface area contributed by atoms with E-state index in [4.69, 9.17) is 0 Å². The third kappa shape index (κ3) is 5.55. The fourth-order valence-electron chi connectivity index (χ4n) is 4.41. The summed E-state index contributed by atoms with van der Waals surface area (Å²) < 4.78 is 15.3. The van der Waals surface area contributed by atoms with Gasteiger partial charge in [0, 0.05) is 37.7 Å². The number of aromatic nitrogens is 2. The summed E-state index contributed by atoms with van der Waals surface area (Å²) in [6.07, 6.45) is 9.32. The van der Waals surface area contributed by atoms with Crippen molar-refractivity contribution in [3.8, 4) is 5.69 Å². The van der Waals surface area contributed by atoms with Gasteiger partial charge in [-0.1, -0.05) is 12.1 Å². The van der Waals surface area contributed by atoms with Gasteiger partial charge >= 0.3 is 0 Å². The minimum atomic E-state index is -0.156. The molecule has 30 heavy (non-hydrogen) atoms. The van der Waals surface area contributed by atoms with Crippen LogP contribution in [0.1, 0.15) is 24.1 Å². The van der Waals surface area contributed by atoms with E-state index in [0.29, 0.717) is 0 Å². The van der Waals surface area contributed by atoms with Crippen molar-refractivity contribution in [2.24, 2.45) is 5.92 Å². The van der Waals surface area contributed by atoms with E-state index in [-0.39, 0.29) is 5.82 Å². The van der Waals surface area contributed by atoms with Crippen LogP contribution in [0.2, 0.25) is 0 Å². The van der Waals surface area contributed by atoms with E-state index in [1.165, 1.54) is 24.1 Å². The van der Waals surface area contributed by atoms with Crippen LogP contribution in [0.15, 0.2) is 67.1 Å². The zero-order valence-electron chi connectivity index (χ0n) is 17.8. The molecule has 1 aromatic carbocycles. The van der Waals surface area contributed by atoms with Crippen LogP contribution in [0, 0.1) is 11.7 Å². The number of hydrogen-bond acceptors (Lipinski definition) is 3. The molecule has 0 N–H and O–H groups in total. The van der Waals surface area contributed by atoms with Gasteiger partial charge in [-0.15, -0.1) is 0 Å². The molecule has 1 fully saturated rings. The van der Waals surface area contributed by atoms with Gasteiger partial charge in [0.15, 0.2) is 0 Å². The molecule has 1 saturated heterocycles. The minimum Gasteiger partial charge on any atom is -0.318 e. The van der Waals surface area contributed by atoms with Crippen molar-refractivity contribution in [2.75, 3.05) is 33.2 Å². The van der Waals surface area contributed by atoms with Crippen LogP contribution in [0.3, 0.4) is 0 Å². The van der Waals surface area contributed by atoms with Gasteiger partial charge in [0.25, 0.3) is 0 Å². The number of halogens is 1. The van der Waals surface area contributed by atoms with E-state index in [0.717, 1.165) is 50.7 Å². The molecular formula is C25H31FN4. The first-order valence-corrected chi connectivity index (χ1v) is 10.9. The maximum absolute atomic E-state index is 13.0. The van der Waals surface area contributed by atoms with Crippen LogP contribution in [0.25, 0.3) is 5.69 Å². The molecule has 0 spiro atoms. The number of benzene rings is 1. The smallest absolute Gasteiger partial charge is 0.123 e. The molecule has 3 heterocycles. The molecule has 158 valence electrons. The summed E-state index contributed by atoms with van der Waals surface area (Å²) in [5, 5.41) is 0. The molecule has 2 aromatic heterocycles. The van der Waals surface area contributed by atoms with Gasteiger partial charge in [0.2, 0.25) is 0 Å². The Morgan fingerprint density at radius 3 is 2.60 bits per heavy atom. The van der Waals surface area contributed by atoms with Gasteiger partial charge in [0.1, 0.15) is 5.82 Å². The van der Waals surface area contributed by atoms with Gasteiger partial charge in [-0.3, -0.25) is 4.98 Å². The van der Waals surface area contributed by atoms with E-state index in [9.17, 15) is 4.39 Å². The fraction of sp³-hybridized carbons (Fsp3) is 0.400. The molecular weight excluding hydrogens is 375 g/mol. The number of pyridine rings is 1. The molecule has 3 aromatic rings. The number of piperidine rings is 1. The minimum absolute atomic E-state index is 0.156. The van der Waals surface area contributed by atoms with Crippen molar-refractivity contribution < 1.29 is 4.39 Å². The topological polar surface area (TPSA) is 24.3 Å². The van der Waals surface area contributed by atoms with Crippen molar-refractivity contribution in [2.45, 2.75) is 25.8 Å². The van der Waals surface area contributed by atoms with Crippen LogP contribution >= 0.6 is 0 Å². The largest absolute Gasteiger partial charge is 0.318 e. The Morgan fingerprint density at radius 2 is 1.87 bits per heavy atom. The van der Waals surface area contributed by atoms with Crippen LogP contribution in [0.5, 0.6) is 0 Å². The zero-order valence-corrected chi connectivity index (χ0v) is 17.8. The Labute approximate surface area is 179 Å². The van der Waals surface area contributed by atoms with E-state index in [1.807, 2.05) is 30.6 Å². The van der Waals surface area contributed by atoms with Crippen LogP contribution < -0.4 is 0 Å². The molecule has 4 rings (SSSR count). The molecule has 0 amide bonds. The molecule has 0 saturated carbocycles. The predicted molar refractivity (Wildman–Crippen MR) is 119 cm³/mol. The molecule has 0 atom stereocenters. The highest BCUT2D eigenvalue weighted by molar-refractivity contribution is 5.32. The Bertz CT molecular complexity index is 898. The maximum atomic E-state index is 13.0. The summed E-state index contributed by atoms with van der Waals surface area (Å²) in [7, 11) is 2.22. The first-order chi connectivity index (χ1) is 14.7. The maximum Gasteiger partial charge on any atom is 0.123 e. The standard InChI is InChI=1S/C25H31FN4/c1-28(20-25-5-3-14-30(25)24-4-2-13-27-18-24)19-22-11-16-29(17-12-22)15-10-21-6-8-23(26)9-7-21/h2-9,13-14,18,22H,10-12,15-17,19-20H2,1H3. The van der Waals surface area contributed by atoms with Gasteiger partial charge < -0.3 is 14.4 Å². The third-order valence-electron chi connectivity index (χ3n) is 6.10. The summed E-state index contributed by atoms with van der Waals surface area (Å²) in [6, 6.07) is 15.3. The summed E-state index contributed by atoms with van der Waals surface area (Å²) in [5.41, 5.74) is 3.62. The Balaban J connectivity index is 1.22. The van der Waals surface area contributed by atoms with Gasteiger partial charge in [-0.25, -0.2) is 4.39 Å². The molecule has 0 aliphatic carbocycles. The number of likely N-dealkylation sites (tertiary alicyclic amines) is 1. The number of nitrogens with zero attached hydrogens (tertiary/aromatic N) is 4. The van der Waals surface area contributed by atoms with Crippen molar-refractivity contribution in [3.05, 3.63) is 84.2 Å². The van der Waals surface area contributed by atoms with Crippen molar-refractivity contribution in [1.29, 1.82) is 0 Å². The molecule has 5 heteroatoms. The molecule has 1 aliphatic heterocycles. The summed E-state index contributed by atoms with van der Waals surface area (Å²) >= 11 is 0. The van der Waals surface area contributed by atoms with Crippen LogP contribution in [-0.2, 0) is 13.0 Å². The summed E-state index contributed by atoms with van der Waals surface area (Å²) in [6.45, 7) is 5.45. The number of hydrogen-bond donors (Lipinski definition) is 0. The van der Waals surface area contributed by atoms with E-state index < -0.39 is 0 Å². The fourth-order valence-corrected chi connectivity index (χ4v) is 4.41. The lowest BCUT2D eigenvalue weighted by atomic mass is 9.96. The lowest BCUT2D eigenvalue weighted by Crippen LogP contribution is -2.38. The Kier molecular flexibility index (Phi) is 6.92. The number of rotatable bonds is 8. The van der Waals surface area contributed by atoms with E-state index in [2.05, 4.69) is 50.8 Å². The third-order valence-corrected chi connectivity index (χ3v) is 6.10. The second kappa shape index (κ2) is 10.0. The van der Waals surface area contributed by atoms with Crippen LogP contribution in [0.4, 0.5) is 4.39 Å². The summed E-state index contributed by atoms with van der Waals surface area (Å²) in [5.74, 6) is 0.593. The average molecular weight is 407 g/mol. The van der Waals surface area contributed by atoms with Gasteiger partial charge in [-0.05, 0) is 87.3 Å². The molecule has 0 unspecified atom stereocenters. The Hall–Kier alpha value is -2.50. The predicted octanol–water partition coefficient (Wildman–Crippen LogP) is 4.40. The lowest BCUT2D eigenvalue weighted by molar-refractivity contribution is 0.152. The van der Waals surface area contributed by atoms with Gasteiger partial charge in [0.05, 0.1) is 11.9 Å². The van der Waals surface area contributed by atoms with Crippen molar-refractivity contribution >= 4 is 0 Å². The first kappa shape index (κ1) is 20.8. The van der Waals surface area contributed by atoms with Gasteiger partial charge in [-0.2, -0.15) is 0 Å². The SMILES string of the molecule is CN(Cc1cccn1-c1cccnc1)CC1CCN(CCc2ccc(F)cc2)CC1. The zero-order chi connectivity index (χ0) is 20.8. The highest BCUT2D eigenvalue weighted by Crippen LogP contribution is 2.20. The second-order valence-corrected chi connectivity index (χ2v) is 8.44. The summed E-state index contributed by atoms with van der Waals surface area (Å²) in [4.78, 5) is 9.24. The van der Waals surface area contributed by atoms with Crippen molar-refractivity contribution in [1.82, 2.24) is 19.4 Å². The lowest BCUT2D eigenvalue weighted by Gasteiger charge is -2.34. The second-order valence-electron chi connectivity index (χ2n) is 8.44. The first-order valence-electron chi connectivity index (χ1n) is 10.9. The molecule has 4 nitrogen and oxygen atoms in total. The van der Waals surface area contributed by atoms with E-state index in [1.54, 1.807) is 12.1 Å². The van der Waals surface area contributed by atoms with E-state index >= 15 is 0 Å².